The van der Waals surface area contributed by atoms with Gasteiger partial charge in [0, 0.05) is 12.1 Å². The van der Waals surface area contributed by atoms with Gasteiger partial charge in [0.25, 0.3) is 5.91 Å². The topological polar surface area (TPSA) is 56.2 Å². The molecule has 0 radical (unpaired) electrons. The molecule has 5 nitrogen and oxygen atoms in total. The first-order valence-electron chi connectivity index (χ1n) is 8.30. The van der Waals surface area contributed by atoms with Crippen LogP contribution in [0.1, 0.15) is 17.0 Å². The van der Waals surface area contributed by atoms with Gasteiger partial charge in [-0.25, -0.2) is 4.68 Å². The molecule has 1 atom stereocenters. The average molecular weight is 333 g/mol. The number of nitrogens with one attached hydrogen (secondary N) is 1. The van der Waals surface area contributed by atoms with E-state index in [2.05, 4.69) is 10.4 Å². The minimum absolute atomic E-state index is 0.148. The van der Waals surface area contributed by atoms with Crippen LogP contribution in [-0.4, -0.2) is 21.8 Å². The standard InChI is InChI=1S/C20H19N3O2/c1-13-11-14(2)23(22-13)17-9-5-4-8-16(17)21-20(24)19-12-15-7-3-6-10-18(15)25-19/h3-11,19H,12H2,1-2H3,(H,21,24). The third-order valence-corrected chi connectivity index (χ3v) is 4.34. The second-order valence-corrected chi connectivity index (χ2v) is 6.26. The van der Waals surface area contributed by atoms with E-state index in [0.717, 1.165) is 34.1 Å². The molecule has 0 saturated heterocycles. The Morgan fingerprint density at radius 3 is 2.68 bits per heavy atom. The van der Waals surface area contributed by atoms with Gasteiger partial charge in [-0.1, -0.05) is 30.3 Å². The summed E-state index contributed by atoms with van der Waals surface area (Å²) in [5, 5.41) is 7.51. The molecule has 126 valence electrons. The quantitative estimate of drug-likeness (QED) is 0.799. The van der Waals surface area contributed by atoms with Gasteiger partial charge < -0.3 is 10.1 Å². The number of aromatic nitrogens is 2. The lowest BCUT2D eigenvalue weighted by molar-refractivity contribution is -0.122. The SMILES string of the molecule is Cc1cc(C)n(-c2ccccc2NC(=O)C2Cc3ccccc3O2)n1. The van der Waals surface area contributed by atoms with Gasteiger partial charge in [-0.2, -0.15) is 5.10 Å². The van der Waals surface area contributed by atoms with Crippen LogP contribution in [0, 0.1) is 13.8 Å². The number of aryl methyl sites for hydroxylation is 2. The Hall–Kier alpha value is -3.08. The van der Waals surface area contributed by atoms with Gasteiger partial charge in [-0.3, -0.25) is 4.79 Å². The highest BCUT2D eigenvalue weighted by molar-refractivity contribution is 5.96. The number of benzene rings is 2. The Balaban J connectivity index is 1.58. The molecule has 0 bridgehead atoms. The van der Waals surface area contributed by atoms with Crippen LogP contribution < -0.4 is 10.1 Å². The molecule has 2 heterocycles. The zero-order valence-electron chi connectivity index (χ0n) is 14.2. The van der Waals surface area contributed by atoms with E-state index in [1.54, 1.807) is 0 Å². The fourth-order valence-corrected chi connectivity index (χ4v) is 3.18. The molecule has 25 heavy (non-hydrogen) atoms. The van der Waals surface area contributed by atoms with Gasteiger partial charge in [0.15, 0.2) is 6.10 Å². The molecule has 0 fully saturated rings. The van der Waals surface area contributed by atoms with E-state index in [0.29, 0.717) is 6.42 Å². The van der Waals surface area contributed by atoms with Crippen molar-refractivity contribution in [2.75, 3.05) is 5.32 Å². The van der Waals surface area contributed by atoms with Crippen LogP contribution in [0.25, 0.3) is 5.69 Å². The molecule has 1 aliphatic rings. The summed E-state index contributed by atoms with van der Waals surface area (Å²) in [6.07, 6.45) is 0.0790. The molecule has 1 amide bonds. The summed E-state index contributed by atoms with van der Waals surface area (Å²) >= 11 is 0. The highest BCUT2D eigenvalue weighted by Gasteiger charge is 2.29. The number of anilines is 1. The number of carbonyl (C=O) groups is 1. The smallest absolute Gasteiger partial charge is 0.265 e. The average Bonchev–Trinajstić information content (AvgIpc) is 3.18. The summed E-state index contributed by atoms with van der Waals surface area (Å²) < 4.78 is 7.62. The van der Waals surface area contributed by atoms with E-state index in [9.17, 15) is 4.79 Å². The van der Waals surface area contributed by atoms with Gasteiger partial charge in [0.1, 0.15) is 5.75 Å². The first-order chi connectivity index (χ1) is 12.1. The molecule has 4 rings (SSSR count). The van der Waals surface area contributed by atoms with Crippen molar-refractivity contribution in [3.63, 3.8) is 0 Å². The van der Waals surface area contributed by atoms with Crippen molar-refractivity contribution >= 4 is 11.6 Å². The molecule has 1 unspecified atom stereocenters. The summed E-state index contributed by atoms with van der Waals surface area (Å²) in [5.74, 6) is 0.639. The Bertz CT molecular complexity index is 921. The molecular formula is C20H19N3O2. The van der Waals surface area contributed by atoms with Crippen molar-refractivity contribution in [1.82, 2.24) is 9.78 Å². The minimum atomic E-state index is -0.508. The molecule has 1 aliphatic heterocycles. The van der Waals surface area contributed by atoms with Gasteiger partial charge in [-0.15, -0.1) is 0 Å². The number of hydrogen-bond donors (Lipinski definition) is 1. The zero-order valence-corrected chi connectivity index (χ0v) is 14.2. The van der Waals surface area contributed by atoms with E-state index >= 15 is 0 Å². The molecule has 0 spiro atoms. The summed E-state index contributed by atoms with van der Waals surface area (Å²) in [4.78, 5) is 12.7. The summed E-state index contributed by atoms with van der Waals surface area (Å²) in [5.41, 5.74) is 4.58. The van der Waals surface area contributed by atoms with Crippen LogP contribution >= 0.6 is 0 Å². The number of para-hydroxylation sites is 3. The largest absolute Gasteiger partial charge is 0.480 e. The van der Waals surface area contributed by atoms with E-state index < -0.39 is 6.10 Å². The molecule has 0 saturated carbocycles. The lowest BCUT2D eigenvalue weighted by Gasteiger charge is -2.15. The van der Waals surface area contributed by atoms with Crippen LogP contribution in [0.4, 0.5) is 5.69 Å². The molecule has 5 heteroatoms. The van der Waals surface area contributed by atoms with Crippen molar-refractivity contribution in [3.8, 4) is 11.4 Å². The van der Waals surface area contributed by atoms with Crippen molar-refractivity contribution in [2.24, 2.45) is 0 Å². The van der Waals surface area contributed by atoms with Crippen LogP contribution in [0.2, 0.25) is 0 Å². The number of carbonyl (C=O) groups excluding carboxylic acids is 1. The second-order valence-electron chi connectivity index (χ2n) is 6.26. The summed E-state index contributed by atoms with van der Waals surface area (Å²) in [7, 11) is 0. The van der Waals surface area contributed by atoms with E-state index in [-0.39, 0.29) is 5.91 Å². The molecule has 3 aromatic rings. The number of hydrogen-bond acceptors (Lipinski definition) is 3. The van der Waals surface area contributed by atoms with Crippen LogP contribution in [-0.2, 0) is 11.2 Å². The van der Waals surface area contributed by atoms with Crippen molar-refractivity contribution in [1.29, 1.82) is 0 Å². The fourth-order valence-electron chi connectivity index (χ4n) is 3.18. The van der Waals surface area contributed by atoms with Crippen LogP contribution in [0.15, 0.2) is 54.6 Å². The lowest BCUT2D eigenvalue weighted by Crippen LogP contribution is -2.31. The summed E-state index contributed by atoms with van der Waals surface area (Å²) in [6, 6.07) is 17.4. The maximum Gasteiger partial charge on any atom is 0.265 e. The van der Waals surface area contributed by atoms with Crippen LogP contribution in [0.3, 0.4) is 0 Å². The molecule has 2 aromatic carbocycles. The Morgan fingerprint density at radius 2 is 1.92 bits per heavy atom. The van der Waals surface area contributed by atoms with E-state index in [1.165, 1.54) is 0 Å². The molecular weight excluding hydrogens is 314 g/mol. The predicted octanol–water partition coefficient (Wildman–Crippen LogP) is 3.43. The molecule has 1 N–H and O–H groups in total. The number of ether oxygens (including phenoxy) is 1. The Kier molecular flexibility index (Phi) is 3.76. The van der Waals surface area contributed by atoms with Gasteiger partial charge in [0.05, 0.1) is 17.1 Å². The van der Waals surface area contributed by atoms with E-state index in [1.807, 2.05) is 73.1 Å². The maximum atomic E-state index is 12.7. The predicted molar refractivity (Wildman–Crippen MR) is 96.2 cm³/mol. The normalized spacial score (nSPS) is 15.5. The van der Waals surface area contributed by atoms with Crippen LogP contribution in [0.5, 0.6) is 5.75 Å². The first kappa shape index (κ1) is 15.4. The maximum absolute atomic E-state index is 12.7. The minimum Gasteiger partial charge on any atom is -0.480 e. The van der Waals surface area contributed by atoms with Crippen molar-refractivity contribution in [2.45, 2.75) is 26.4 Å². The van der Waals surface area contributed by atoms with Crippen molar-refractivity contribution < 1.29 is 9.53 Å². The first-order valence-corrected chi connectivity index (χ1v) is 8.30. The van der Waals surface area contributed by atoms with Gasteiger partial charge >= 0.3 is 0 Å². The third kappa shape index (κ3) is 2.89. The highest BCUT2D eigenvalue weighted by Crippen LogP contribution is 2.29. The van der Waals surface area contributed by atoms with Gasteiger partial charge in [0.2, 0.25) is 0 Å². The summed E-state index contributed by atoms with van der Waals surface area (Å²) in [6.45, 7) is 3.95. The number of rotatable bonds is 3. The zero-order chi connectivity index (χ0) is 17.4. The molecule has 1 aromatic heterocycles. The number of fused-ring (bicyclic) bond motifs is 1. The molecule has 0 aliphatic carbocycles. The van der Waals surface area contributed by atoms with Crippen molar-refractivity contribution in [3.05, 3.63) is 71.5 Å². The Morgan fingerprint density at radius 1 is 1.16 bits per heavy atom. The lowest BCUT2D eigenvalue weighted by atomic mass is 10.1. The fraction of sp³-hybridized carbons (Fsp3) is 0.200. The number of amides is 1. The van der Waals surface area contributed by atoms with Gasteiger partial charge in [-0.05, 0) is 43.7 Å². The highest BCUT2D eigenvalue weighted by atomic mass is 16.5. The van der Waals surface area contributed by atoms with E-state index in [4.69, 9.17) is 4.74 Å². The third-order valence-electron chi connectivity index (χ3n) is 4.34. The number of nitrogens with zero attached hydrogens (tertiary/aromatic N) is 2. The Labute approximate surface area is 146 Å². The monoisotopic (exact) mass is 333 g/mol. The second kappa shape index (κ2) is 6.09.